The van der Waals surface area contributed by atoms with E-state index in [1.54, 1.807) is 24.3 Å². The summed E-state index contributed by atoms with van der Waals surface area (Å²) in [5, 5.41) is 13.8. The third-order valence-electron chi connectivity index (χ3n) is 3.90. The van der Waals surface area contributed by atoms with Crippen molar-refractivity contribution >= 4 is 17.4 Å². The maximum atomic E-state index is 12.9. The van der Waals surface area contributed by atoms with Gasteiger partial charge in [-0.05, 0) is 53.9 Å². The number of hydrogen-bond acceptors (Lipinski definition) is 4. The van der Waals surface area contributed by atoms with Crippen LogP contribution in [0.25, 0.3) is 0 Å². The third-order valence-corrected chi connectivity index (χ3v) is 3.90. The molecule has 0 aliphatic carbocycles. The fourth-order valence-corrected chi connectivity index (χ4v) is 2.36. The van der Waals surface area contributed by atoms with Crippen LogP contribution >= 0.6 is 0 Å². The third kappa shape index (κ3) is 4.63. The smallest absolute Gasteiger partial charge is 0.276 e. The largest absolute Gasteiger partial charge is 0.365 e. The van der Waals surface area contributed by atoms with Gasteiger partial charge in [0.05, 0.1) is 0 Å². The average Bonchev–Trinajstić information content (AvgIpc) is 2.68. The van der Waals surface area contributed by atoms with Crippen molar-refractivity contribution in [1.29, 1.82) is 0 Å². The molecule has 2 N–H and O–H groups in total. The minimum absolute atomic E-state index is 0.233. The zero-order valence-electron chi connectivity index (χ0n) is 14.4. The number of halogens is 1. The summed E-state index contributed by atoms with van der Waals surface area (Å²) < 4.78 is 12.9. The molecule has 1 heterocycles. The van der Waals surface area contributed by atoms with Gasteiger partial charge in [0, 0.05) is 12.2 Å². The molecule has 0 saturated heterocycles. The number of amides is 1. The maximum absolute atomic E-state index is 12.9. The van der Waals surface area contributed by atoms with Gasteiger partial charge in [0.25, 0.3) is 5.91 Å². The van der Waals surface area contributed by atoms with Gasteiger partial charge < -0.3 is 10.6 Å². The van der Waals surface area contributed by atoms with Gasteiger partial charge in [-0.1, -0.05) is 31.2 Å². The molecule has 0 atom stereocenters. The fraction of sp³-hybridized carbons (Fsp3) is 0.150. The Kier molecular flexibility index (Phi) is 5.53. The van der Waals surface area contributed by atoms with Crippen LogP contribution in [0.5, 0.6) is 0 Å². The minimum atomic E-state index is -0.313. The molecule has 0 fully saturated rings. The second kappa shape index (κ2) is 8.20. The molecule has 0 aliphatic heterocycles. The van der Waals surface area contributed by atoms with Gasteiger partial charge in [0.1, 0.15) is 11.6 Å². The van der Waals surface area contributed by atoms with Crippen molar-refractivity contribution in [2.75, 3.05) is 10.6 Å². The van der Waals surface area contributed by atoms with E-state index in [1.165, 1.54) is 17.7 Å². The molecule has 1 aromatic heterocycles. The number of benzene rings is 2. The van der Waals surface area contributed by atoms with Crippen LogP contribution in [0, 0.1) is 5.82 Å². The summed E-state index contributed by atoms with van der Waals surface area (Å²) in [4.78, 5) is 12.2. The predicted molar refractivity (Wildman–Crippen MR) is 99.5 cm³/mol. The Morgan fingerprint density at radius 1 is 0.923 bits per heavy atom. The number of carbonyl (C=O) groups excluding carboxylic acids is 1. The van der Waals surface area contributed by atoms with Gasteiger partial charge in [-0.2, -0.15) is 0 Å². The van der Waals surface area contributed by atoms with Gasteiger partial charge >= 0.3 is 0 Å². The van der Waals surface area contributed by atoms with E-state index in [0.29, 0.717) is 18.1 Å². The van der Waals surface area contributed by atoms with Crippen LogP contribution in [-0.4, -0.2) is 16.1 Å². The normalized spacial score (nSPS) is 10.4. The quantitative estimate of drug-likeness (QED) is 0.704. The Morgan fingerprint density at radius 2 is 1.62 bits per heavy atom. The van der Waals surface area contributed by atoms with Crippen molar-refractivity contribution in [3.8, 4) is 0 Å². The molecule has 0 bridgehead atoms. The van der Waals surface area contributed by atoms with E-state index in [2.05, 4.69) is 27.8 Å². The van der Waals surface area contributed by atoms with Crippen LogP contribution in [0.2, 0.25) is 0 Å². The molecule has 0 saturated carbocycles. The van der Waals surface area contributed by atoms with E-state index in [0.717, 1.165) is 12.0 Å². The number of nitrogens with zero attached hydrogens (tertiary/aromatic N) is 2. The zero-order valence-corrected chi connectivity index (χ0v) is 14.4. The number of anilines is 2. The molecule has 5 nitrogen and oxygen atoms in total. The predicted octanol–water partition coefficient (Wildman–Crippen LogP) is 4.04. The first-order valence-corrected chi connectivity index (χ1v) is 8.36. The van der Waals surface area contributed by atoms with Crippen LogP contribution in [0.3, 0.4) is 0 Å². The summed E-state index contributed by atoms with van der Waals surface area (Å²) in [5.41, 5.74) is 3.08. The van der Waals surface area contributed by atoms with E-state index < -0.39 is 0 Å². The second-order valence-electron chi connectivity index (χ2n) is 5.79. The van der Waals surface area contributed by atoms with Crippen LogP contribution in [0.1, 0.15) is 28.5 Å². The zero-order chi connectivity index (χ0) is 18.4. The van der Waals surface area contributed by atoms with Gasteiger partial charge in [-0.15, -0.1) is 10.2 Å². The number of carbonyl (C=O) groups is 1. The average molecular weight is 350 g/mol. The van der Waals surface area contributed by atoms with Gasteiger partial charge in [-0.3, -0.25) is 4.79 Å². The van der Waals surface area contributed by atoms with E-state index in [4.69, 9.17) is 0 Å². The topological polar surface area (TPSA) is 66.9 Å². The molecular weight excluding hydrogens is 331 g/mol. The van der Waals surface area contributed by atoms with E-state index in [1.807, 2.05) is 24.3 Å². The number of aromatic nitrogens is 2. The highest BCUT2D eigenvalue weighted by atomic mass is 19.1. The molecule has 132 valence electrons. The van der Waals surface area contributed by atoms with E-state index >= 15 is 0 Å². The summed E-state index contributed by atoms with van der Waals surface area (Å²) in [6.45, 7) is 2.57. The van der Waals surface area contributed by atoms with Gasteiger partial charge in [0.15, 0.2) is 5.69 Å². The highest BCUT2D eigenvalue weighted by molar-refractivity contribution is 6.02. The number of rotatable bonds is 6. The Labute approximate surface area is 151 Å². The summed E-state index contributed by atoms with van der Waals surface area (Å²) in [6, 6.07) is 17.2. The standard InChI is InChI=1S/C20H19FN4O/c1-2-14-5-9-17(10-6-14)23-20(26)18-11-12-19(25-24-18)22-13-15-3-7-16(21)8-4-15/h3-12H,2,13H2,1H3,(H,22,25)(H,23,26). The van der Waals surface area contributed by atoms with Crippen molar-refractivity contribution in [1.82, 2.24) is 10.2 Å². The Morgan fingerprint density at radius 3 is 2.23 bits per heavy atom. The lowest BCUT2D eigenvalue weighted by molar-refractivity contribution is 0.102. The van der Waals surface area contributed by atoms with Gasteiger partial charge in [0.2, 0.25) is 0 Å². The summed E-state index contributed by atoms with van der Waals surface area (Å²) in [5.74, 6) is -0.0433. The van der Waals surface area contributed by atoms with Crippen molar-refractivity contribution in [3.05, 3.63) is 83.3 Å². The first-order valence-electron chi connectivity index (χ1n) is 8.36. The van der Waals surface area contributed by atoms with Crippen LogP contribution < -0.4 is 10.6 Å². The lowest BCUT2D eigenvalue weighted by atomic mass is 10.1. The first-order chi connectivity index (χ1) is 12.6. The molecule has 1 amide bonds. The number of nitrogens with one attached hydrogen (secondary N) is 2. The maximum Gasteiger partial charge on any atom is 0.276 e. The van der Waals surface area contributed by atoms with Crippen LogP contribution in [0.15, 0.2) is 60.7 Å². The van der Waals surface area contributed by atoms with Crippen LogP contribution in [-0.2, 0) is 13.0 Å². The monoisotopic (exact) mass is 350 g/mol. The molecule has 2 aromatic carbocycles. The van der Waals surface area contributed by atoms with Crippen LogP contribution in [0.4, 0.5) is 15.9 Å². The minimum Gasteiger partial charge on any atom is -0.365 e. The number of hydrogen-bond donors (Lipinski definition) is 2. The molecule has 0 spiro atoms. The summed E-state index contributed by atoms with van der Waals surface area (Å²) in [7, 11) is 0. The molecule has 0 radical (unpaired) electrons. The molecule has 3 rings (SSSR count). The molecule has 26 heavy (non-hydrogen) atoms. The Bertz CT molecular complexity index is 862. The first kappa shape index (κ1) is 17.5. The SMILES string of the molecule is CCc1ccc(NC(=O)c2ccc(NCc3ccc(F)cc3)nn2)cc1. The summed E-state index contributed by atoms with van der Waals surface area (Å²) >= 11 is 0. The fourth-order valence-electron chi connectivity index (χ4n) is 2.36. The highest BCUT2D eigenvalue weighted by Crippen LogP contribution is 2.12. The van der Waals surface area contributed by atoms with E-state index in [9.17, 15) is 9.18 Å². The summed E-state index contributed by atoms with van der Waals surface area (Å²) in [6.07, 6.45) is 0.950. The van der Waals surface area contributed by atoms with E-state index in [-0.39, 0.29) is 17.4 Å². The number of aryl methyl sites for hydroxylation is 1. The van der Waals surface area contributed by atoms with Crippen molar-refractivity contribution in [3.63, 3.8) is 0 Å². The molecule has 3 aromatic rings. The van der Waals surface area contributed by atoms with Crippen molar-refractivity contribution in [2.45, 2.75) is 19.9 Å². The van der Waals surface area contributed by atoms with Gasteiger partial charge in [-0.25, -0.2) is 4.39 Å². The molecule has 0 aliphatic rings. The lowest BCUT2D eigenvalue weighted by Crippen LogP contribution is -2.15. The second-order valence-corrected chi connectivity index (χ2v) is 5.79. The molecular formula is C20H19FN4O. The lowest BCUT2D eigenvalue weighted by Gasteiger charge is -2.07. The molecule has 0 unspecified atom stereocenters. The Hall–Kier alpha value is -3.28. The van der Waals surface area contributed by atoms with Crippen molar-refractivity contribution in [2.24, 2.45) is 0 Å². The van der Waals surface area contributed by atoms with Crippen molar-refractivity contribution < 1.29 is 9.18 Å². The Balaban J connectivity index is 1.57. The molecule has 6 heteroatoms. The highest BCUT2D eigenvalue weighted by Gasteiger charge is 2.09.